The van der Waals surface area contributed by atoms with Crippen LogP contribution in [0.2, 0.25) is 0 Å². The first-order chi connectivity index (χ1) is 8.21. The molecule has 0 aliphatic carbocycles. The maximum absolute atomic E-state index is 12.7. The minimum Gasteiger partial charge on any atom is -0.367 e. The van der Waals surface area contributed by atoms with Gasteiger partial charge in [-0.05, 0) is 25.1 Å². The first-order valence-corrected chi connectivity index (χ1v) is 5.33. The Bertz CT molecular complexity index is 445. The van der Waals surface area contributed by atoms with Crippen LogP contribution in [-0.2, 0) is 0 Å². The Morgan fingerprint density at radius 3 is 2.33 bits per heavy atom. The van der Waals surface area contributed by atoms with Gasteiger partial charge in [-0.2, -0.15) is 13.2 Å². The highest BCUT2D eigenvalue weighted by molar-refractivity contribution is 6.00. The molecule has 1 rings (SSSR count). The molecular formula is C12H15F3N2O. The topological polar surface area (TPSA) is 56.1 Å². The quantitative estimate of drug-likeness (QED) is 0.574. The molecule has 0 spiro atoms. The van der Waals surface area contributed by atoms with Crippen LogP contribution in [0.25, 0.3) is 0 Å². The normalized spacial score (nSPS) is 15.2. The van der Waals surface area contributed by atoms with E-state index in [2.05, 4.69) is 0 Å². The third-order valence-electron chi connectivity index (χ3n) is 2.79. The predicted molar refractivity (Wildman–Crippen MR) is 62.7 cm³/mol. The summed E-state index contributed by atoms with van der Waals surface area (Å²) in [6, 6.07) is 6.64. The molecule has 1 aromatic rings. The molecule has 3 N–H and O–H groups in total. The van der Waals surface area contributed by atoms with Crippen molar-refractivity contribution in [2.45, 2.75) is 25.2 Å². The average Bonchev–Trinajstić information content (AvgIpc) is 2.27. The van der Waals surface area contributed by atoms with Crippen LogP contribution in [0, 0.1) is 12.3 Å². The second-order valence-electron chi connectivity index (χ2n) is 4.08. The smallest absolute Gasteiger partial charge is 0.367 e. The van der Waals surface area contributed by atoms with Crippen molar-refractivity contribution >= 4 is 5.71 Å². The molecule has 0 fully saturated rings. The Labute approximate surface area is 103 Å². The van der Waals surface area contributed by atoms with Crippen LogP contribution in [0.15, 0.2) is 24.3 Å². The zero-order valence-electron chi connectivity index (χ0n) is 10.1. The molecule has 0 heterocycles. The highest BCUT2D eigenvalue weighted by atomic mass is 19.4. The van der Waals surface area contributed by atoms with E-state index in [9.17, 15) is 18.3 Å². The number of hydrogen-bond acceptors (Lipinski definition) is 3. The summed E-state index contributed by atoms with van der Waals surface area (Å²) in [7, 11) is 1.01. The molecule has 6 heteroatoms. The maximum Gasteiger partial charge on any atom is 0.431 e. The Morgan fingerprint density at radius 2 is 1.89 bits per heavy atom. The lowest BCUT2D eigenvalue weighted by Crippen LogP contribution is -2.56. The number of halogens is 3. The van der Waals surface area contributed by atoms with Gasteiger partial charge in [0.05, 0.1) is 0 Å². The van der Waals surface area contributed by atoms with Crippen LogP contribution in [0.3, 0.4) is 0 Å². The van der Waals surface area contributed by atoms with Crippen molar-refractivity contribution in [3.8, 4) is 0 Å². The molecule has 18 heavy (non-hydrogen) atoms. The zero-order valence-corrected chi connectivity index (χ0v) is 10.1. The third-order valence-corrected chi connectivity index (χ3v) is 2.79. The fraction of sp³-hybridized carbons (Fsp3) is 0.417. The van der Waals surface area contributed by atoms with Crippen molar-refractivity contribution < 1.29 is 18.3 Å². The van der Waals surface area contributed by atoms with Gasteiger partial charge in [-0.3, -0.25) is 5.32 Å². The minimum absolute atomic E-state index is 0.262. The van der Waals surface area contributed by atoms with Gasteiger partial charge in [-0.25, -0.2) is 0 Å². The summed E-state index contributed by atoms with van der Waals surface area (Å²) in [6.07, 6.45) is -5.67. The van der Waals surface area contributed by atoms with Crippen LogP contribution >= 0.6 is 0 Å². The van der Waals surface area contributed by atoms with Gasteiger partial charge in [0.25, 0.3) is 0 Å². The number of nitrogens with one attached hydrogen (secondary N) is 2. The van der Waals surface area contributed by atoms with Gasteiger partial charge in [-0.15, -0.1) is 0 Å². The Balaban J connectivity index is 2.98. The monoisotopic (exact) mass is 260 g/mol. The molecule has 0 aliphatic heterocycles. The standard InChI is InChI=1S/C12H15F3N2O/c1-8-5-3-4-6-9(8)10(16)7-11(18,17-2)12(13,14)15/h3-6,16-18H,7H2,1-2H3. The molecule has 100 valence electrons. The van der Waals surface area contributed by atoms with E-state index in [1.54, 1.807) is 31.2 Å². The first-order valence-electron chi connectivity index (χ1n) is 5.33. The van der Waals surface area contributed by atoms with Gasteiger partial charge in [0.1, 0.15) is 0 Å². The zero-order chi connectivity index (χ0) is 14.0. The van der Waals surface area contributed by atoms with Crippen LogP contribution in [0.4, 0.5) is 13.2 Å². The van der Waals surface area contributed by atoms with Gasteiger partial charge in [-0.1, -0.05) is 24.3 Å². The van der Waals surface area contributed by atoms with Gasteiger partial charge in [0, 0.05) is 12.1 Å². The second-order valence-corrected chi connectivity index (χ2v) is 4.08. The van der Waals surface area contributed by atoms with Gasteiger partial charge >= 0.3 is 6.18 Å². The maximum atomic E-state index is 12.7. The number of hydrogen-bond donors (Lipinski definition) is 3. The molecule has 0 amide bonds. The van der Waals surface area contributed by atoms with E-state index in [-0.39, 0.29) is 5.71 Å². The molecule has 0 aromatic heterocycles. The summed E-state index contributed by atoms with van der Waals surface area (Å²) in [4.78, 5) is 0. The second kappa shape index (κ2) is 5.07. The van der Waals surface area contributed by atoms with Crippen molar-refractivity contribution in [2.24, 2.45) is 0 Å². The predicted octanol–water partition coefficient (Wildman–Crippen LogP) is 2.22. The summed E-state index contributed by atoms with van der Waals surface area (Å²) < 4.78 is 38.0. The molecule has 0 saturated heterocycles. The molecule has 0 aliphatic rings. The van der Waals surface area contributed by atoms with E-state index < -0.39 is 18.3 Å². The molecule has 1 unspecified atom stereocenters. The molecule has 1 atom stereocenters. The summed E-state index contributed by atoms with van der Waals surface area (Å²) in [6.45, 7) is 1.70. The highest BCUT2D eigenvalue weighted by Crippen LogP contribution is 2.31. The molecule has 1 aromatic carbocycles. The van der Waals surface area contributed by atoms with E-state index in [4.69, 9.17) is 5.41 Å². The molecule has 0 radical (unpaired) electrons. The number of aryl methyl sites for hydroxylation is 1. The number of benzene rings is 1. The van der Waals surface area contributed by atoms with Crippen LogP contribution < -0.4 is 5.32 Å². The van der Waals surface area contributed by atoms with Crippen molar-refractivity contribution in [1.82, 2.24) is 5.32 Å². The lowest BCUT2D eigenvalue weighted by atomic mass is 9.96. The molecule has 3 nitrogen and oxygen atoms in total. The lowest BCUT2D eigenvalue weighted by molar-refractivity contribution is -0.267. The fourth-order valence-corrected chi connectivity index (χ4v) is 1.59. The van der Waals surface area contributed by atoms with E-state index in [1.807, 2.05) is 5.32 Å². The van der Waals surface area contributed by atoms with Crippen LogP contribution in [-0.4, -0.2) is 29.8 Å². The number of rotatable bonds is 4. The molecular weight excluding hydrogens is 245 g/mol. The SMILES string of the molecule is CNC(O)(CC(=N)c1ccccc1C)C(F)(F)F. The van der Waals surface area contributed by atoms with Gasteiger partial charge < -0.3 is 10.5 Å². The van der Waals surface area contributed by atoms with Gasteiger partial charge in [0.2, 0.25) is 5.72 Å². The van der Waals surface area contributed by atoms with Crippen molar-refractivity contribution in [1.29, 1.82) is 5.41 Å². The minimum atomic E-state index is -4.84. The Kier molecular flexibility index (Phi) is 4.13. The van der Waals surface area contributed by atoms with E-state index >= 15 is 0 Å². The summed E-state index contributed by atoms with van der Waals surface area (Å²) in [5, 5.41) is 19.0. The number of alkyl halides is 3. The van der Waals surface area contributed by atoms with Crippen molar-refractivity contribution in [3.63, 3.8) is 0 Å². The molecule has 0 bridgehead atoms. The summed E-state index contributed by atoms with van der Waals surface area (Å²) >= 11 is 0. The third kappa shape index (κ3) is 2.88. The Hall–Kier alpha value is -1.40. The van der Waals surface area contributed by atoms with Crippen molar-refractivity contribution in [2.75, 3.05) is 7.05 Å². The average molecular weight is 260 g/mol. The van der Waals surface area contributed by atoms with Crippen molar-refractivity contribution in [3.05, 3.63) is 35.4 Å². The van der Waals surface area contributed by atoms with Gasteiger partial charge in [0.15, 0.2) is 0 Å². The number of aliphatic hydroxyl groups is 1. The van der Waals surface area contributed by atoms with Crippen LogP contribution in [0.1, 0.15) is 17.5 Å². The molecule has 0 saturated carbocycles. The summed E-state index contributed by atoms with van der Waals surface area (Å²) in [5.41, 5.74) is -2.24. The van der Waals surface area contributed by atoms with E-state index in [1.165, 1.54) is 0 Å². The highest BCUT2D eigenvalue weighted by Gasteiger charge is 2.53. The largest absolute Gasteiger partial charge is 0.431 e. The van der Waals surface area contributed by atoms with E-state index in [0.29, 0.717) is 11.1 Å². The van der Waals surface area contributed by atoms with Crippen LogP contribution in [0.5, 0.6) is 0 Å². The first kappa shape index (κ1) is 14.7. The Morgan fingerprint density at radius 1 is 1.33 bits per heavy atom. The van der Waals surface area contributed by atoms with E-state index in [0.717, 1.165) is 7.05 Å². The fourth-order valence-electron chi connectivity index (χ4n) is 1.59. The summed E-state index contributed by atoms with van der Waals surface area (Å²) in [5.74, 6) is 0. The lowest BCUT2D eigenvalue weighted by Gasteiger charge is -2.30.